The number of rotatable bonds is 6. The largest absolute Gasteiger partial charge is 0.493 e. The monoisotopic (exact) mass is 368 g/mol. The third kappa shape index (κ3) is 4.03. The Morgan fingerprint density at radius 1 is 1.15 bits per heavy atom. The zero-order valence-corrected chi connectivity index (χ0v) is 15.7. The predicted molar refractivity (Wildman–Crippen MR) is 105 cm³/mol. The van der Waals surface area contributed by atoms with Gasteiger partial charge in [0.1, 0.15) is 5.01 Å². The van der Waals surface area contributed by atoms with Crippen molar-refractivity contribution in [2.45, 2.75) is 6.54 Å². The van der Waals surface area contributed by atoms with E-state index in [9.17, 15) is 4.79 Å². The van der Waals surface area contributed by atoms with Gasteiger partial charge in [-0.25, -0.2) is 4.98 Å². The highest BCUT2D eigenvalue weighted by Crippen LogP contribution is 2.28. The molecule has 26 heavy (non-hydrogen) atoms. The molecule has 0 atom stereocenters. The number of carbonyl (C=O) groups is 1. The first kappa shape index (κ1) is 17.9. The number of fused-ring (bicyclic) bond motifs is 1. The fourth-order valence-corrected chi connectivity index (χ4v) is 3.54. The van der Waals surface area contributed by atoms with Crippen molar-refractivity contribution in [1.82, 2.24) is 9.88 Å². The molecule has 2 aromatic carbocycles. The molecule has 0 fully saturated rings. The van der Waals surface area contributed by atoms with E-state index in [-0.39, 0.29) is 5.91 Å². The fraction of sp³-hybridized carbons (Fsp3) is 0.200. The van der Waals surface area contributed by atoms with E-state index in [0.29, 0.717) is 18.0 Å². The standard InChI is InChI=1S/C20H20N2O3S/c1-22(13-19-21-15-6-4-5-7-18(15)26-19)20(23)11-9-14-8-10-16(24-2)17(12-14)25-3/h4-12H,13H2,1-3H3. The summed E-state index contributed by atoms with van der Waals surface area (Å²) in [5.41, 5.74) is 1.83. The van der Waals surface area contributed by atoms with Gasteiger partial charge in [-0.05, 0) is 35.9 Å². The molecular weight excluding hydrogens is 348 g/mol. The van der Waals surface area contributed by atoms with E-state index in [2.05, 4.69) is 4.98 Å². The maximum absolute atomic E-state index is 12.4. The molecule has 0 spiro atoms. The summed E-state index contributed by atoms with van der Waals surface area (Å²) in [6, 6.07) is 13.5. The topological polar surface area (TPSA) is 51.7 Å². The second-order valence-corrected chi connectivity index (χ2v) is 6.83. The van der Waals surface area contributed by atoms with Gasteiger partial charge in [-0.1, -0.05) is 18.2 Å². The maximum Gasteiger partial charge on any atom is 0.246 e. The van der Waals surface area contributed by atoms with Crippen molar-refractivity contribution in [1.29, 1.82) is 0 Å². The molecule has 5 nitrogen and oxygen atoms in total. The van der Waals surface area contributed by atoms with Gasteiger partial charge < -0.3 is 14.4 Å². The number of para-hydroxylation sites is 1. The van der Waals surface area contributed by atoms with Crippen molar-refractivity contribution in [3.63, 3.8) is 0 Å². The molecule has 3 aromatic rings. The Kier molecular flexibility index (Phi) is 5.53. The number of nitrogens with zero attached hydrogens (tertiary/aromatic N) is 2. The number of thiazole rings is 1. The number of hydrogen-bond donors (Lipinski definition) is 0. The van der Waals surface area contributed by atoms with E-state index in [1.54, 1.807) is 49.7 Å². The van der Waals surface area contributed by atoms with Crippen LogP contribution in [0.3, 0.4) is 0 Å². The van der Waals surface area contributed by atoms with Crippen molar-refractivity contribution in [2.75, 3.05) is 21.3 Å². The molecule has 134 valence electrons. The second kappa shape index (κ2) is 8.01. The number of methoxy groups -OCH3 is 2. The maximum atomic E-state index is 12.4. The summed E-state index contributed by atoms with van der Waals surface area (Å²) in [6.45, 7) is 0.481. The minimum Gasteiger partial charge on any atom is -0.493 e. The molecule has 0 aliphatic carbocycles. The van der Waals surface area contributed by atoms with Crippen LogP contribution in [0, 0.1) is 0 Å². The number of benzene rings is 2. The quantitative estimate of drug-likeness (QED) is 0.618. The molecule has 0 unspecified atom stereocenters. The van der Waals surface area contributed by atoms with Crippen LogP contribution in [0.25, 0.3) is 16.3 Å². The molecule has 0 radical (unpaired) electrons. The van der Waals surface area contributed by atoms with Crippen LogP contribution in [0.2, 0.25) is 0 Å². The summed E-state index contributed by atoms with van der Waals surface area (Å²) in [4.78, 5) is 18.6. The lowest BCUT2D eigenvalue weighted by Crippen LogP contribution is -2.23. The highest BCUT2D eigenvalue weighted by molar-refractivity contribution is 7.18. The van der Waals surface area contributed by atoms with Crippen LogP contribution in [0.4, 0.5) is 0 Å². The van der Waals surface area contributed by atoms with Gasteiger partial charge in [-0.3, -0.25) is 4.79 Å². The van der Waals surface area contributed by atoms with Crippen LogP contribution in [0.5, 0.6) is 11.5 Å². The Morgan fingerprint density at radius 2 is 1.92 bits per heavy atom. The average Bonchev–Trinajstić information content (AvgIpc) is 3.07. The molecule has 0 saturated carbocycles. The zero-order valence-electron chi connectivity index (χ0n) is 14.9. The molecule has 1 aromatic heterocycles. The number of hydrogen-bond acceptors (Lipinski definition) is 5. The van der Waals surface area contributed by atoms with Crippen LogP contribution in [-0.2, 0) is 11.3 Å². The van der Waals surface area contributed by atoms with E-state index in [4.69, 9.17) is 9.47 Å². The first-order valence-corrected chi connectivity index (χ1v) is 8.92. The number of ether oxygens (including phenoxy) is 2. The summed E-state index contributed by atoms with van der Waals surface area (Å²) in [5.74, 6) is 1.20. The van der Waals surface area contributed by atoms with Crippen molar-refractivity contribution >= 4 is 33.5 Å². The van der Waals surface area contributed by atoms with Crippen LogP contribution < -0.4 is 9.47 Å². The Hall–Kier alpha value is -2.86. The van der Waals surface area contributed by atoms with Crippen molar-refractivity contribution in [2.24, 2.45) is 0 Å². The summed E-state index contributed by atoms with van der Waals surface area (Å²) >= 11 is 1.61. The van der Waals surface area contributed by atoms with Crippen LogP contribution in [0.1, 0.15) is 10.6 Å². The molecule has 0 bridgehead atoms. The summed E-state index contributed by atoms with van der Waals surface area (Å²) in [6.07, 6.45) is 3.31. The van der Waals surface area contributed by atoms with E-state index in [1.165, 1.54) is 0 Å². The lowest BCUT2D eigenvalue weighted by Gasteiger charge is -2.13. The zero-order chi connectivity index (χ0) is 18.5. The molecule has 0 aliphatic rings. The summed E-state index contributed by atoms with van der Waals surface area (Å²) in [5, 5.41) is 0.918. The minimum absolute atomic E-state index is 0.0842. The molecule has 6 heteroatoms. The van der Waals surface area contributed by atoms with Gasteiger partial charge in [-0.2, -0.15) is 0 Å². The molecule has 1 heterocycles. The van der Waals surface area contributed by atoms with Gasteiger partial charge in [0.15, 0.2) is 11.5 Å². The Balaban J connectivity index is 1.67. The summed E-state index contributed by atoms with van der Waals surface area (Å²) < 4.78 is 11.6. The van der Waals surface area contributed by atoms with Crippen LogP contribution in [0.15, 0.2) is 48.5 Å². The third-order valence-corrected chi connectivity index (χ3v) is 4.93. The van der Waals surface area contributed by atoms with Crippen molar-refractivity contribution < 1.29 is 14.3 Å². The SMILES string of the molecule is COc1ccc(C=CC(=O)N(C)Cc2nc3ccccc3s2)cc1OC. The molecule has 0 saturated heterocycles. The van der Waals surface area contributed by atoms with Crippen molar-refractivity contribution in [3.8, 4) is 11.5 Å². The van der Waals surface area contributed by atoms with Gasteiger partial charge in [0, 0.05) is 13.1 Å². The van der Waals surface area contributed by atoms with Crippen LogP contribution in [-0.4, -0.2) is 37.1 Å². The number of amides is 1. The van der Waals surface area contributed by atoms with E-state index in [1.807, 2.05) is 42.5 Å². The lowest BCUT2D eigenvalue weighted by atomic mass is 10.2. The molecule has 1 amide bonds. The van der Waals surface area contributed by atoms with Gasteiger partial charge in [0.25, 0.3) is 0 Å². The van der Waals surface area contributed by atoms with Gasteiger partial charge in [0.05, 0.1) is 31.0 Å². The smallest absolute Gasteiger partial charge is 0.246 e. The highest BCUT2D eigenvalue weighted by atomic mass is 32.1. The predicted octanol–water partition coefficient (Wildman–Crippen LogP) is 3.99. The Bertz CT molecular complexity index is 916. The second-order valence-electron chi connectivity index (χ2n) is 5.72. The number of aromatic nitrogens is 1. The number of carbonyl (C=O) groups excluding carboxylic acids is 1. The molecule has 0 aliphatic heterocycles. The minimum atomic E-state index is -0.0842. The van der Waals surface area contributed by atoms with Crippen LogP contribution >= 0.6 is 11.3 Å². The van der Waals surface area contributed by atoms with E-state index < -0.39 is 0 Å². The average molecular weight is 368 g/mol. The first-order chi connectivity index (χ1) is 12.6. The van der Waals surface area contributed by atoms with Gasteiger partial charge >= 0.3 is 0 Å². The number of likely N-dealkylation sites (N-methyl/N-ethyl adjacent to an activating group) is 1. The molecular formula is C20H20N2O3S. The first-order valence-electron chi connectivity index (χ1n) is 8.10. The van der Waals surface area contributed by atoms with Gasteiger partial charge in [-0.15, -0.1) is 11.3 Å². The highest BCUT2D eigenvalue weighted by Gasteiger charge is 2.10. The molecule has 3 rings (SSSR count). The Labute approximate surface area is 156 Å². The van der Waals surface area contributed by atoms with E-state index >= 15 is 0 Å². The summed E-state index contributed by atoms with van der Waals surface area (Å²) in [7, 11) is 4.95. The third-order valence-electron chi connectivity index (χ3n) is 3.91. The van der Waals surface area contributed by atoms with Crippen molar-refractivity contribution in [3.05, 3.63) is 59.1 Å². The normalized spacial score (nSPS) is 11.0. The Morgan fingerprint density at radius 3 is 2.65 bits per heavy atom. The van der Waals surface area contributed by atoms with E-state index in [0.717, 1.165) is 20.8 Å². The lowest BCUT2D eigenvalue weighted by molar-refractivity contribution is -0.125. The fourth-order valence-electron chi connectivity index (χ4n) is 2.52. The molecule has 0 N–H and O–H groups in total. The van der Waals surface area contributed by atoms with Gasteiger partial charge in [0.2, 0.25) is 5.91 Å².